The molecule has 0 radical (unpaired) electrons. The third-order valence-electron chi connectivity index (χ3n) is 11.6. The summed E-state index contributed by atoms with van der Waals surface area (Å²) in [6.45, 7) is 0. The second kappa shape index (κ2) is 13.4. The molecule has 0 N–H and O–H groups in total. The molecule has 0 spiro atoms. The van der Waals surface area contributed by atoms with Crippen LogP contribution in [0.5, 0.6) is 0 Å². The van der Waals surface area contributed by atoms with Crippen molar-refractivity contribution in [2.45, 2.75) is 31.0 Å². The van der Waals surface area contributed by atoms with Crippen LogP contribution >= 0.6 is 0 Å². The Kier molecular flexibility index (Phi) is 7.76. The predicted octanol–water partition coefficient (Wildman–Crippen LogP) is 12.4. The highest BCUT2D eigenvalue weighted by Crippen LogP contribution is 2.51. The van der Waals surface area contributed by atoms with Crippen molar-refractivity contribution in [3.8, 4) is 16.8 Å². The molecule has 5 heteroatoms. The van der Waals surface area contributed by atoms with Crippen molar-refractivity contribution in [1.82, 2.24) is 4.57 Å². The van der Waals surface area contributed by atoms with E-state index >= 15 is 0 Å². The van der Waals surface area contributed by atoms with Crippen LogP contribution in [0.4, 0.5) is 11.4 Å². The van der Waals surface area contributed by atoms with E-state index in [2.05, 4.69) is 179 Å². The smallest absolute Gasteiger partial charge is 0.0784 e. The van der Waals surface area contributed by atoms with E-state index in [1.807, 2.05) is 18.2 Å². The van der Waals surface area contributed by atoms with E-state index in [9.17, 15) is 0 Å². The SMILES string of the molecule is C1=CCCC(C2N=C(c3cccc4c5cc(-c6cccc7c6C6C=CC=CC6N7c6ccccc6)ccc5n(-c5ccccc5)c34)N=C(c3ccccc3)[N-]2)=C1. The molecule has 1 aromatic heterocycles. The molecular weight excluding hydrogens is 683 g/mol. The molecule has 268 valence electrons. The number of hydrogen-bond donors (Lipinski definition) is 0. The summed E-state index contributed by atoms with van der Waals surface area (Å²) in [4.78, 5) is 13.0. The van der Waals surface area contributed by atoms with E-state index in [0.717, 1.165) is 46.1 Å². The van der Waals surface area contributed by atoms with E-state index in [1.54, 1.807) is 0 Å². The molecular formula is C51H38N5-. The minimum Gasteiger partial charge on any atom is -0.438 e. The average Bonchev–Trinajstić information content (AvgIpc) is 3.80. The van der Waals surface area contributed by atoms with Crippen molar-refractivity contribution in [2.24, 2.45) is 9.98 Å². The molecule has 5 nitrogen and oxygen atoms in total. The van der Waals surface area contributed by atoms with Crippen molar-refractivity contribution in [3.05, 3.63) is 216 Å². The summed E-state index contributed by atoms with van der Waals surface area (Å²) in [7, 11) is 0. The maximum atomic E-state index is 5.31. The van der Waals surface area contributed by atoms with Gasteiger partial charge in [0.1, 0.15) is 0 Å². The van der Waals surface area contributed by atoms with Gasteiger partial charge in [0.25, 0.3) is 0 Å². The predicted molar refractivity (Wildman–Crippen MR) is 233 cm³/mol. The monoisotopic (exact) mass is 720 g/mol. The van der Waals surface area contributed by atoms with Gasteiger partial charge < -0.3 is 19.8 Å². The fraction of sp³-hybridized carbons (Fsp3) is 0.0980. The van der Waals surface area contributed by atoms with Gasteiger partial charge in [-0.25, -0.2) is 0 Å². The van der Waals surface area contributed by atoms with Crippen molar-refractivity contribution < 1.29 is 0 Å². The summed E-state index contributed by atoms with van der Waals surface area (Å²) in [5.74, 6) is 1.66. The Morgan fingerprint density at radius 2 is 1.38 bits per heavy atom. The summed E-state index contributed by atoms with van der Waals surface area (Å²) in [5.41, 5.74) is 12.8. The number of nitrogens with zero attached hydrogens (tertiary/aromatic N) is 5. The molecule has 2 aliphatic carbocycles. The number of aromatic nitrogens is 1. The van der Waals surface area contributed by atoms with Gasteiger partial charge in [0.15, 0.2) is 0 Å². The molecule has 0 amide bonds. The summed E-state index contributed by atoms with van der Waals surface area (Å²) < 4.78 is 2.39. The van der Waals surface area contributed by atoms with Gasteiger partial charge in [-0.05, 0) is 83.1 Å². The lowest BCUT2D eigenvalue weighted by Crippen LogP contribution is -2.28. The van der Waals surface area contributed by atoms with E-state index in [1.165, 1.54) is 39.0 Å². The van der Waals surface area contributed by atoms with Crippen LogP contribution in [0.2, 0.25) is 0 Å². The molecule has 0 bridgehead atoms. The normalized spacial score (nSPS) is 19.7. The van der Waals surface area contributed by atoms with Crippen molar-refractivity contribution in [3.63, 3.8) is 0 Å². The average molecular weight is 721 g/mol. The maximum Gasteiger partial charge on any atom is 0.0784 e. The molecule has 3 heterocycles. The number of allylic oxidation sites excluding steroid dienone is 5. The number of benzene rings is 6. The first kappa shape index (κ1) is 32.5. The topological polar surface area (TPSA) is 47.0 Å². The van der Waals surface area contributed by atoms with Crippen molar-refractivity contribution in [2.75, 3.05) is 4.90 Å². The van der Waals surface area contributed by atoms with Gasteiger partial charge >= 0.3 is 0 Å². The van der Waals surface area contributed by atoms with E-state index in [-0.39, 0.29) is 18.1 Å². The molecule has 6 aromatic carbocycles. The second-order valence-electron chi connectivity index (χ2n) is 14.8. The zero-order valence-corrected chi connectivity index (χ0v) is 30.8. The van der Waals surface area contributed by atoms with Crippen LogP contribution < -0.4 is 4.90 Å². The van der Waals surface area contributed by atoms with E-state index in [4.69, 9.17) is 15.3 Å². The Labute approximate surface area is 326 Å². The quantitative estimate of drug-likeness (QED) is 0.169. The number of hydrogen-bond acceptors (Lipinski definition) is 3. The van der Waals surface area contributed by atoms with Gasteiger partial charge in [-0.15, -0.1) is 0 Å². The standard InChI is InChI=1S/C51H38N5/c1-5-17-34(18-6-1)49-52-50(35-19-7-2-8-20-35)54-51(53-49)42-28-15-27-40-43-33-36(31-32-45(43)56(48(40)42)38-23-11-4-12-24-38)39-26-16-30-46-47(39)41-25-13-14-29-44(41)55(46)37-21-9-3-10-22-37/h1-7,9-19,21-33,41,44,50H,8,20H2/q-1. The summed E-state index contributed by atoms with van der Waals surface area (Å²) in [5, 5.41) is 7.48. The highest BCUT2D eigenvalue weighted by molar-refractivity contribution is 6.24. The molecule has 0 saturated heterocycles. The third kappa shape index (κ3) is 5.30. The summed E-state index contributed by atoms with van der Waals surface area (Å²) >= 11 is 0. The fourth-order valence-corrected chi connectivity index (χ4v) is 9.07. The first-order valence-corrected chi connectivity index (χ1v) is 19.5. The number of fused-ring (bicyclic) bond motifs is 6. The van der Waals surface area contributed by atoms with E-state index in [0.29, 0.717) is 11.7 Å². The molecule has 3 atom stereocenters. The first-order chi connectivity index (χ1) is 27.8. The minimum absolute atomic E-state index is 0.221. The minimum atomic E-state index is -0.331. The van der Waals surface area contributed by atoms with Crippen LogP contribution in [0.3, 0.4) is 0 Å². The van der Waals surface area contributed by atoms with Gasteiger partial charge in [0, 0.05) is 39.3 Å². The highest BCUT2D eigenvalue weighted by Gasteiger charge is 2.39. The Morgan fingerprint density at radius 1 is 0.625 bits per heavy atom. The van der Waals surface area contributed by atoms with Crippen LogP contribution in [0.1, 0.15) is 35.4 Å². The van der Waals surface area contributed by atoms with Crippen LogP contribution in [0, 0.1) is 0 Å². The van der Waals surface area contributed by atoms with Gasteiger partial charge in [-0.1, -0.05) is 151 Å². The van der Waals surface area contributed by atoms with Gasteiger partial charge in [0.05, 0.1) is 29.1 Å². The van der Waals surface area contributed by atoms with Crippen molar-refractivity contribution >= 4 is 44.9 Å². The molecule has 11 rings (SSSR count). The Bertz CT molecular complexity index is 2840. The van der Waals surface area contributed by atoms with Crippen LogP contribution in [-0.2, 0) is 0 Å². The maximum absolute atomic E-state index is 5.31. The Morgan fingerprint density at radius 3 is 2.18 bits per heavy atom. The van der Waals surface area contributed by atoms with Crippen LogP contribution in [0.15, 0.2) is 204 Å². The van der Waals surface area contributed by atoms with Crippen molar-refractivity contribution in [1.29, 1.82) is 0 Å². The summed E-state index contributed by atoms with van der Waals surface area (Å²) in [6, 6.07) is 52.4. The number of rotatable bonds is 6. The molecule has 7 aromatic rings. The molecule has 4 aliphatic rings. The lowest BCUT2D eigenvalue weighted by molar-refractivity contribution is 0.745. The van der Waals surface area contributed by atoms with Gasteiger partial charge in [0.2, 0.25) is 0 Å². The van der Waals surface area contributed by atoms with Crippen LogP contribution in [0.25, 0.3) is 43.9 Å². The van der Waals surface area contributed by atoms with Gasteiger partial charge in [-0.3, -0.25) is 4.99 Å². The second-order valence-corrected chi connectivity index (χ2v) is 14.8. The Hall–Kier alpha value is -6.98. The van der Waals surface area contributed by atoms with Gasteiger partial charge in [-0.2, -0.15) is 0 Å². The zero-order valence-electron chi connectivity index (χ0n) is 30.8. The first-order valence-electron chi connectivity index (χ1n) is 19.5. The Balaban J connectivity index is 1.12. The largest absolute Gasteiger partial charge is 0.438 e. The number of para-hydroxylation sites is 3. The lowest BCUT2D eigenvalue weighted by atomic mass is 9.86. The molecule has 0 saturated carbocycles. The third-order valence-corrected chi connectivity index (χ3v) is 11.6. The highest BCUT2D eigenvalue weighted by atomic mass is 15.2. The number of amidine groups is 2. The molecule has 56 heavy (non-hydrogen) atoms. The van der Waals surface area contributed by atoms with Crippen LogP contribution in [-0.4, -0.2) is 28.4 Å². The number of anilines is 2. The molecule has 3 unspecified atom stereocenters. The lowest BCUT2D eigenvalue weighted by Gasteiger charge is -2.34. The number of aliphatic imine (C=N–C) groups is 2. The summed E-state index contributed by atoms with van der Waals surface area (Å²) in [6.07, 6.45) is 17.2. The fourth-order valence-electron chi connectivity index (χ4n) is 9.07. The van der Waals surface area contributed by atoms with E-state index < -0.39 is 0 Å². The molecule has 0 fully saturated rings. The molecule has 2 aliphatic heterocycles. The zero-order chi connectivity index (χ0) is 37.0.